The van der Waals surface area contributed by atoms with Crippen molar-refractivity contribution in [2.45, 2.75) is 112 Å². The first-order valence-corrected chi connectivity index (χ1v) is 20.9. The Balaban J connectivity index is 1.46. The number of alkyl halides is 2. The van der Waals surface area contributed by atoms with Crippen LogP contribution in [-0.4, -0.2) is 111 Å². The molecule has 4 amide bonds. The van der Waals surface area contributed by atoms with Gasteiger partial charge in [0, 0.05) is 18.5 Å². The molecule has 3 atom stereocenters. The van der Waals surface area contributed by atoms with Crippen molar-refractivity contribution in [2.75, 3.05) is 24.6 Å². The summed E-state index contributed by atoms with van der Waals surface area (Å²) in [4.78, 5) is 69.1. The summed E-state index contributed by atoms with van der Waals surface area (Å²) in [5, 5.41) is 24.6. The number of aromatic nitrogens is 3. The molecular weight excluding hydrogens is 763 g/mol. The lowest BCUT2D eigenvalue weighted by molar-refractivity contribution is -0.145. The monoisotopic (exact) mass is 810 g/mol. The number of nitrogens with zero attached hydrogens (tertiary/aromatic N) is 4. The Morgan fingerprint density at radius 2 is 1.73 bits per heavy atom. The van der Waals surface area contributed by atoms with Crippen molar-refractivity contribution < 1.29 is 46.3 Å². The highest BCUT2D eigenvalue weighted by Crippen LogP contribution is 2.35. The zero-order valence-electron chi connectivity index (χ0n) is 30.7. The molecule has 55 heavy (non-hydrogen) atoms. The van der Waals surface area contributed by atoms with Crippen molar-refractivity contribution in [1.29, 1.82) is 0 Å². The fourth-order valence-corrected chi connectivity index (χ4v) is 9.78. The van der Waals surface area contributed by atoms with E-state index in [-0.39, 0.29) is 48.6 Å². The van der Waals surface area contributed by atoms with Gasteiger partial charge in [0.2, 0.25) is 27.6 Å². The summed E-state index contributed by atoms with van der Waals surface area (Å²) in [5.74, 6) is -3.07. The zero-order chi connectivity index (χ0) is 40.1. The second kappa shape index (κ2) is 17.4. The molecule has 5 rings (SSSR count). The van der Waals surface area contributed by atoms with Crippen LogP contribution in [0.1, 0.15) is 93.7 Å². The lowest BCUT2D eigenvalue weighted by Crippen LogP contribution is -2.63. The molecule has 302 valence electrons. The van der Waals surface area contributed by atoms with Crippen LogP contribution < -0.4 is 21.1 Å². The first kappa shape index (κ1) is 42.1. The number of hydrogen-bond acceptors (Lipinski definition) is 11. The molecule has 1 aliphatic carbocycles. The Labute approximate surface area is 322 Å². The van der Waals surface area contributed by atoms with E-state index in [1.54, 1.807) is 30.3 Å². The normalized spacial score (nSPS) is 21.2. The second-order valence-electron chi connectivity index (χ2n) is 14.9. The Bertz CT molecular complexity index is 1840. The van der Waals surface area contributed by atoms with Gasteiger partial charge in [0.1, 0.15) is 23.2 Å². The van der Waals surface area contributed by atoms with Gasteiger partial charge < -0.3 is 26.4 Å². The molecule has 2 aliphatic heterocycles. The van der Waals surface area contributed by atoms with E-state index < -0.39 is 81.7 Å². The van der Waals surface area contributed by atoms with Crippen LogP contribution in [0.5, 0.6) is 0 Å². The van der Waals surface area contributed by atoms with Crippen LogP contribution in [0.25, 0.3) is 0 Å². The summed E-state index contributed by atoms with van der Waals surface area (Å²) < 4.78 is 53.4. The molecule has 0 bridgehead atoms. The molecule has 0 spiro atoms. The number of benzene rings is 1. The number of carbonyl (C=O) groups excluding carboxylic acids is 5. The molecular formula is C35H48F2N8O8S2. The summed E-state index contributed by atoms with van der Waals surface area (Å²) >= 11 is 1.56. The third-order valence-corrected chi connectivity index (χ3v) is 13.0. The Hall–Kier alpha value is -4.01. The molecule has 2 aromatic rings. The molecule has 1 saturated carbocycles. The van der Waals surface area contributed by atoms with Crippen molar-refractivity contribution in [3.63, 3.8) is 0 Å². The minimum absolute atomic E-state index is 0.000763. The number of amides is 4. The quantitative estimate of drug-likeness (QED) is 0.161. The van der Waals surface area contributed by atoms with Crippen LogP contribution in [0.3, 0.4) is 0 Å². The average Bonchev–Trinajstić information content (AvgIpc) is 3.83. The standard InChI is InChI=1S/C35H48F2N8O8S2/c1-34(2,51)27-18-39-43-45(27)23-17-26(32(49)42-35(29(46)30(38)47)12-14-54-15-13-35)44(20-23)33(50)25(16-21-6-4-3-5-7-21)41-31(48)22-8-10-24(11-9-22)55(52,53)40-19-28(36)37/h8-11,18,21,23,25-26,28,40,51H,3-7,12-17,19-20H2,1-2H3,(H2,38,47)(H,41,48)(H,42,49)/t23-,25+,26-/m0/s1. The van der Waals surface area contributed by atoms with Crippen LogP contribution >= 0.6 is 11.8 Å². The maximum Gasteiger partial charge on any atom is 0.287 e. The highest BCUT2D eigenvalue weighted by molar-refractivity contribution is 7.99. The SMILES string of the molecule is CC(C)(O)c1cnnn1[C@H]1C[C@@H](C(=O)NC2(C(=O)C(N)=O)CCSCC2)N(C(=O)[C@@H](CC2CCCCC2)NC(=O)c2ccc(S(=O)(=O)NCC(F)F)cc2)C1. The van der Waals surface area contributed by atoms with E-state index >= 15 is 0 Å². The maximum absolute atomic E-state index is 14.8. The molecule has 1 aromatic heterocycles. The van der Waals surface area contributed by atoms with Gasteiger partial charge in [-0.15, -0.1) is 5.10 Å². The van der Waals surface area contributed by atoms with Gasteiger partial charge in [-0.2, -0.15) is 11.8 Å². The number of primary amides is 1. The van der Waals surface area contributed by atoms with Gasteiger partial charge in [0.25, 0.3) is 18.2 Å². The van der Waals surface area contributed by atoms with Gasteiger partial charge in [-0.25, -0.2) is 26.6 Å². The molecule has 0 unspecified atom stereocenters. The van der Waals surface area contributed by atoms with E-state index in [2.05, 4.69) is 20.9 Å². The number of Topliss-reactive ketones (excluding diaryl/α,β-unsaturated/α-hetero) is 1. The molecule has 3 aliphatic rings. The van der Waals surface area contributed by atoms with Crippen LogP contribution in [-0.2, 0) is 34.8 Å². The summed E-state index contributed by atoms with van der Waals surface area (Å²) in [6.45, 7) is 1.93. The van der Waals surface area contributed by atoms with Crippen molar-refractivity contribution in [3.05, 3.63) is 41.7 Å². The van der Waals surface area contributed by atoms with E-state index in [9.17, 15) is 46.3 Å². The van der Waals surface area contributed by atoms with E-state index in [4.69, 9.17) is 5.73 Å². The fourth-order valence-electron chi connectivity index (χ4n) is 7.58. The molecule has 3 fully saturated rings. The van der Waals surface area contributed by atoms with Crippen molar-refractivity contribution in [2.24, 2.45) is 11.7 Å². The highest BCUT2D eigenvalue weighted by Gasteiger charge is 2.49. The van der Waals surface area contributed by atoms with Gasteiger partial charge in [-0.05, 0) is 74.8 Å². The van der Waals surface area contributed by atoms with E-state index in [1.807, 2.05) is 0 Å². The van der Waals surface area contributed by atoms with Crippen LogP contribution in [0, 0.1) is 5.92 Å². The van der Waals surface area contributed by atoms with Crippen LogP contribution in [0.4, 0.5) is 8.78 Å². The Kier molecular flexibility index (Phi) is 13.3. The van der Waals surface area contributed by atoms with Gasteiger partial charge in [0.05, 0.1) is 29.4 Å². The summed E-state index contributed by atoms with van der Waals surface area (Å²) in [6, 6.07) is 1.60. The number of nitrogens with one attached hydrogen (secondary N) is 3. The molecule has 6 N–H and O–H groups in total. The smallest absolute Gasteiger partial charge is 0.287 e. The lowest BCUT2D eigenvalue weighted by Gasteiger charge is -2.37. The van der Waals surface area contributed by atoms with E-state index in [0.29, 0.717) is 17.2 Å². The first-order chi connectivity index (χ1) is 25.9. The largest absolute Gasteiger partial charge is 0.384 e. The number of thioether (sulfide) groups is 1. The number of likely N-dealkylation sites (tertiary alicyclic amines) is 1. The van der Waals surface area contributed by atoms with Crippen LogP contribution in [0.15, 0.2) is 35.4 Å². The van der Waals surface area contributed by atoms with Gasteiger partial charge in [-0.1, -0.05) is 37.3 Å². The zero-order valence-corrected chi connectivity index (χ0v) is 32.3. The van der Waals surface area contributed by atoms with Gasteiger partial charge in [-0.3, -0.25) is 24.0 Å². The average molecular weight is 811 g/mol. The molecule has 2 saturated heterocycles. The number of halogens is 2. The maximum atomic E-state index is 14.8. The second-order valence-corrected chi connectivity index (χ2v) is 17.9. The third-order valence-electron chi connectivity index (χ3n) is 10.5. The highest BCUT2D eigenvalue weighted by atomic mass is 32.2. The summed E-state index contributed by atoms with van der Waals surface area (Å²) in [5.41, 5.74) is 2.81. The molecule has 3 heterocycles. The third kappa shape index (κ3) is 10.1. The Morgan fingerprint density at radius 1 is 1.07 bits per heavy atom. The van der Waals surface area contributed by atoms with Gasteiger partial charge >= 0.3 is 0 Å². The molecule has 20 heteroatoms. The number of aliphatic hydroxyl groups is 1. The number of hydrogen-bond donors (Lipinski definition) is 5. The fraction of sp³-hybridized carbons (Fsp3) is 0.629. The Morgan fingerprint density at radius 3 is 2.33 bits per heavy atom. The van der Waals surface area contributed by atoms with Gasteiger partial charge in [0.15, 0.2) is 0 Å². The predicted molar refractivity (Wildman–Crippen MR) is 196 cm³/mol. The van der Waals surface area contributed by atoms with Crippen molar-refractivity contribution in [3.8, 4) is 0 Å². The number of sulfonamides is 1. The first-order valence-electron chi connectivity index (χ1n) is 18.3. The number of nitrogens with two attached hydrogens (primary N) is 1. The summed E-state index contributed by atoms with van der Waals surface area (Å²) in [7, 11) is -4.28. The minimum atomic E-state index is -4.28. The number of ketones is 1. The number of carbonyl (C=O) groups is 5. The van der Waals surface area contributed by atoms with Crippen molar-refractivity contribution in [1.82, 2.24) is 35.2 Å². The predicted octanol–water partition coefficient (Wildman–Crippen LogP) is 1.40. The lowest BCUT2D eigenvalue weighted by atomic mass is 9.84. The molecule has 0 radical (unpaired) electrons. The minimum Gasteiger partial charge on any atom is -0.384 e. The van der Waals surface area contributed by atoms with E-state index in [1.165, 1.54) is 27.9 Å². The number of rotatable bonds is 15. The van der Waals surface area contributed by atoms with Crippen molar-refractivity contribution >= 4 is 51.2 Å². The van der Waals surface area contributed by atoms with Crippen LogP contribution in [0.2, 0.25) is 0 Å². The topological polar surface area (TPSA) is 236 Å². The summed E-state index contributed by atoms with van der Waals surface area (Å²) in [6.07, 6.45) is 3.57. The molecule has 16 nitrogen and oxygen atoms in total. The van der Waals surface area contributed by atoms with E-state index in [0.717, 1.165) is 44.2 Å². The molecule has 1 aromatic carbocycles.